The highest BCUT2D eigenvalue weighted by molar-refractivity contribution is 8.03. The van der Waals surface area contributed by atoms with Crippen LogP contribution in [0.3, 0.4) is 0 Å². The van der Waals surface area contributed by atoms with Crippen LogP contribution >= 0.6 is 34.9 Å². The molecule has 2 rings (SSSR count). The van der Waals surface area contributed by atoms with Gasteiger partial charge < -0.3 is 5.32 Å². The number of aromatic nitrogens is 2. The Balaban J connectivity index is 2.25. The van der Waals surface area contributed by atoms with Crippen molar-refractivity contribution in [3.05, 3.63) is 29.6 Å². The van der Waals surface area contributed by atoms with Gasteiger partial charge in [0.05, 0.1) is 0 Å². The molecule has 1 aromatic carbocycles. The fourth-order valence-corrected chi connectivity index (χ4v) is 3.94. The zero-order valence-electron chi connectivity index (χ0n) is 9.94. The third-order valence-electron chi connectivity index (χ3n) is 2.19. The molecule has 0 saturated heterocycles. The molecule has 0 aliphatic rings. The van der Waals surface area contributed by atoms with E-state index in [2.05, 4.69) is 15.5 Å². The Labute approximate surface area is 118 Å². The highest BCUT2D eigenvalue weighted by Crippen LogP contribution is 2.35. The number of rotatable bonds is 5. The molecule has 0 spiro atoms. The number of benzene rings is 1. The van der Waals surface area contributed by atoms with E-state index in [1.165, 1.54) is 29.2 Å². The van der Waals surface area contributed by atoms with Crippen LogP contribution in [0.1, 0.15) is 5.56 Å². The second-order valence-corrected chi connectivity index (χ2v) is 6.71. The lowest BCUT2D eigenvalue weighted by molar-refractivity contribution is 0.594. The molecule has 0 unspecified atom stereocenters. The van der Waals surface area contributed by atoms with Crippen LogP contribution in [0.4, 0.5) is 4.39 Å². The predicted octanol–water partition coefficient (Wildman–Crippen LogP) is 3.27. The monoisotopic (exact) mass is 301 g/mol. The molecule has 96 valence electrons. The van der Waals surface area contributed by atoms with Crippen LogP contribution in [-0.4, -0.2) is 23.5 Å². The summed E-state index contributed by atoms with van der Waals surface area (Å²) in [6.45, 7) is 0.503. The number of thioether (sulfide) groups is 1. The van der Waals surface area contributed by atoms with E-state index in [4.69, 9.17) is 0 Å². The molecule has 0 amide bonds. The van der Waals surface area contributed by atoms with Gasteiger partial charge in [0, 0.05) is 17.0 Å². The molecule has 2 aromatic rings. The maximum Gasteiger partial charge on any atom is 0.179 e. The Morgan fingerprint density at radius 1 is 1.33 bits per heavy atom. The molecule has 1 heterocycles. The van der Waals surface area contributed by atoms with Gasteiger partial charge in [-0.3, -0.25) is 0 Å². The SMILES string of the molecule is CNCc1c(F)cccc1Sc1nnc(SC)s1. The van der Waals surface area contributed by atoms with Gasteiger partial charge in [0.15, 0.2) is 8.68 Å². The molecule has 1 N–H and O–H groups in total. The van der Waals surface area contributed by atoms with Gasteiger partial charge >= 0.3 is 0 Å². The Morgan fingerprint density at radius 2 is 2.11 bits per heavy atom. The standard InChI is InChI=1S/C11H12FN3S3/c1-13-6-7-8(12)4-3-5-9(7)17-11-15-14-10(16-2)18-11/h3-5,13H,6H2,1-2H3. The molecule has 0 bridgehead atoms. The largest absolute Gasteiger partial charge is 0.316 e. The summed E-state index contributed by atoms with van der Waals surface area (Å²) in [6, 6.07) is 5.10. The highest BCUT2D eigenvalue weighted by Gasteiger charge is 2.11. The molecular weight excluding hydrogens is 289 g/mol. The molecule has 0 atom stereocenters. The van der Waals surface area contributed by atoms with E-state index in [-0.39, 0.29) is 5.82 Å². The number of nitrogens with one attached hydrogen (secondary N) is 1. The summed E-state index contributed by atoms with van der Waals surface area (Å²) in [5.41, 5.74) is 0.672. The highest BCUT2D eigenvalue weighted by atomic mass is 32.2. The van der Waals surface area contributed by atoms with Crippen LogP contribution in [0.2, 0.25) is 0 Å². The molecule has 0 aliphatic heterocycles. The molecule has 3 nitrogen and oxygen atoms in total. The van der Waals surface area contributed by atoms with Gasteiger partial charge in [0.1, 0.15) is 5.82 Å². The van der Waals surface area contributed by atoms with E-state index in [1.807, 2.05) is 12.3 Å². The van der Waals surface area contributed by atoms with Gasteiger partial charge in [-0.1, -0.05) is 40.9 Å². The molecule has 7 heteroatoms. The van der Waals surface area contributed by atoms with E-state index >= 15 is 0 Å². The van der Waals surface area contributed by atoms with Crippen LogP contribution in [0.15, 0.2) is 31.8 Å². The average Bonchev–Trinajstić information content (AvgIpc) is 2.81. The van der Waals surface area contributed by atoms with Gasteiger partial charge in [-0.05, 0) is 25.4 Å². The number of hydrogen-bond acceptors (Lipinski definition) is 6. The average molecular weight is 301 g/mol. The Bertz CT molecular complexity index is 530. The van der Waals surface area contributed by atoms with Gasteiger partial charge in [0.2, 0.25) is 0 Å². The summed E-state index contributed by atoms with van der Waals surface area (Å²) in [6.07, 6.45) is 1.96. The van der Waals surface area contributed by atoms with Gasteiger partial charge in [-0.25, -0.2) is 4.39 Å². The van der Waals surface area contributed by atoms with Crippen molar-refractivity contribution in [2.75, 3.05) is 13.3 Å². The van der Waals surface area contributed by atoms with Crippen molar-refractivity contribution in [2.24, 2.45) is 0 Å². The minimum absolute atomic E-state index is 0.191. The van der Waals surface area contributed by atoms with E-state index in [0.717, 1.165) is 13.6 Å². The molecule has 1 aromatic heterocycles. The van der Waals surface area contributed by atoms with E-state index < -0.39 is 0 Å². The first-order valence-corrected chi connectivity index (χ1v) is 8.07. The zero-order valence-corrected chi connectivity index (χ0v) is 12.4. The van der Waals surface area contributed by atoms with Crippen molar-refractivity contribution in [3.8, 4) is 0 Å². The fourth-order valence-electron chi connectivity index (χ4n) is 1.40. The molecule has 0 fully saturated rings. The quantitative estimate of drug-likeness (QED) is 0.858. The first-order chi connectivity index (χ1) is 8.74. The minimum Gasteiger partial charge on any atom is -0.316 e. The third-order valence-corrected chi connectivity index (χ3v) is 5.24. The molecule has 18 heavy (non-hydrogen) atoms. The lowest BCUT2D eigenvalue weighted by Crippen LogP contribution is -2.08. The van der Waals surface area contributed by atoms with Crippen LogP contribution in [0.5, 0.6) is 0 Å². The lowest BCUT2D eigenvalue weighted by Gasteiger charge is -2.07. The van der Waals surface area contributed by atoms with Crippen molar-refractivity contribution in [2.45, 2.75) is 20.1 Å². The Morgan fingerprint density at radius 3 is 2.78 bits per heavy atom. The van der Waals surface area contributed by atoms with Gasteiger partial charge in [-0.15, -0.1) is 10.2 Å². The van der Waals surface area contributed by atoms with Crippen LogP contribution < -0.4 is 5.32 Å². The van der Waals surface area contributed by atoms with E-state index in [1.54, 1.807) is 24.9 Å². The third kappa shape index (κ3) is 3.23. The molecule has 0 aliphatic carbocycles. The summed E-state index contributed by atoms with van der Waals surface area (Å²) in [5, 5.41) is 11.1. The second kappa shape index (κ2) is 6.51. The van der Waals surface area contributed by atoms with Gasteiger partial charge in [-0.2, -0.15) is 0 Å². The smallest absolute Gasteiger partial charge is 0.179 e. The lowest BCUT2D eigenvalue weighted by atomic mass is 10.2. The number of nitrogens with zero attached hydrogens (tertiary/aromatic N) is 2. The second-order valence-electron chi connectivity index (χ2n) is 3.39. The molecule has 0 saturated carbocycles. The molecular formula is C11H12FN3S3. The van der Waals surface area contributed by atoms with Crippen LogP contribution in [0, 0.1) is 5.82 Å². The summed E-state index contributed by atoms with van der Waals surface area (Å²) in [5.74, 6) is -0.191. The van der Waals surface area contributed by atoms with E-state index in [9.17, 15) is 4.39 Å². The summed E-state index contributed by atoms with van der Waals surface area (Å²) < 4.78 is 15.5. The number of hydrogen-bond donors (Lipinski definition) is 1. The maximum absolute atomic E-state index is 13.7. The summed E-state index contributed by atoms with van der Waals surface area (Å²) in [7, 11) is 1.80. The predicted molar refractivity (Wildman–Crippen MR) is 75.0 cm³/mol. The maximum atomic E-state index is 13.7. The topological polar surface area (TPSA) is 37.8 Å². The van der Waals surface area contributed by atoms with Gasteiger partial charge in [0.25, 0.3) is 0 Å². The normalized spacial score (nSPS) is 10.8. The zero-order chi connectivity index (χ0) is 13.0. The first-order valence-electron chi connectivity index (χ1n) is 5.22. The van der Waals surface area contributed by atoms with Crippen molar-refractivity contribution in [1.29, 1.82) is 0 Å². The summed E-state index contributed by atoms with van der Waals surface area (Å²) >= 11 is 4.54. The Kier molecular flexibility index (Phi) is 4.99. The summed E-state index contributed by atoms with van der Waals surface area (Å²) in [4.78, 5) is 0.883. The fraction of sp³-hybridized carbons (Fsp3) is 0.273. The molecule has 0 radical (unpaired) electrons. The van der Waals surface area contributed by atoms with E-state index in [0.29, 0.717) is 12.1 Å². The van der Waals surface area contributed by atoms with Crippen molar-refractivity contribution >= 4 is 34.9 Å². The van der Waals surface area contributed by atoms with Crippen LogP contribution in [0.25, 0.3) is 0 Å². The van der Waals surface area contributed by atoms with Crippen molar-refractivity contribution in [1.82, 2.24) is 15.5 Å². The minimum atomic E-state index is -0.191. The van der Waals surface area contributed by atoms with Crippen molar-refractivity contribution in [3.63, 3.8) is 0 Å². The van der Waals surface area contributed by atoms with Crippen molar-refractivity contribution < 1.29 is 4.39 Å². The number of halogens is 1. The van der Waals surface area contributed by atoms with Crippen LogP contribution in [-0.2, 0) is 6.54 Å². The first kappa shape index (κ1) is 13.8. The Hall–Kier alpha value is -0.630.